The summed E-state index contributed by atoms with van der Waals surface area (Å²) < 4.78 is 18.7. The van der Waals surface area contributed by atoms with Gasteiger partial charge in [-0.2, -0.15) is 0 Å². The Hall–Kier alpha value is -1.42. The minimum Gasteiger partial charge on any atom is -0.450 e. The number of carbonyl (C=O) groups excluding carboxylic acids is 1. The van der Waals surface area contributed by atoms with Gasteiger partial charge in [-0.1, -0.05) is 0 Å². The molecule has 0 unspecified atom stereocenters. The number of ether oxygens (including phenoxy) is 1. The monoisotopic (exact) mass is 221 g/mol. The van der Waals surface area contributed by atoms with Crippen molar-refractivity contribution in [3.05, 3.63) is 35.1 Å². The van der Waals surface area contributed by atoms with Crippen LogP contribution in [0.3, 0.4) is 0 Å². The second-order valence-electron chi connectivity index (χ2n) is 4.32. The Bertz CT molecular complexity index is 452. The van der Waals surface area contributed by atoms with Crippen LogP contribution in [0.4, 0.5) is 4.39 Å². The average Bonchev–Trinajstić information content (AvgIpc) is 2.53. The Kier molecular flexibility index (Phi) is 2.01. The number of halogens is 1. The van der Waals surface area contributed by atoms with Gasteiger partial charge in [-0.3, -0.25) is 0 Å². The lowest BCUT2D eigenvalue weighted by atomic mass is 9.84. The molecule has 84 valence electrons. The molecule has 1 aromatic carbocycles. The van der Waals surface area contributed by atoms with E-state index in [1.807, 2.05) is 0 Å². The number of hydrogen-bond acceptors (Lipinski definition) is 3. The lowest BCUT2D eigenvalue weighted by molar-refractivity contribution is -0.0242. The van der Waals surface area contributed by atoms with E-state index in [9.17, 15) is 9.18 Å². The van der Waals surface area contributed by atoms with E-state index in [0.717, 1.165) is 31.5 Å². The van der Waals surface area contributed by atoms with E-state index in [1.54, 1.807) is 0 Å². The van der Waals surface area contributed by atoms with Gasteiger partial charge in [-0.15, -0.1) is 0 Å². The summed E-state index contributed by atoms with van der Waals surface area (Å²) in [6.45, 7) is 1.59. The Morgan fingerprint density at radius 2 is 2.06 bits per heavy atom. The maximum atomic E-state index is 13.2. The quantitative estimate of drug-likeness (QED) is 0.676. The molecular weight excluding hydrogens is 209 g/mol. The van der Waals surface area contributed by atoms with Crippen molar-refractivity contribution in [2.75, 3.05) is 13.1 Å². The van der Waals surface area contributed by atoms with E-state index >= 15 is 0 Å². The Balaban J connectivity index is 2.12. The highest BCUT2D eigenvalue weighted by atomic mass is 19.1. The summed E-state index contributed by atoms with van der Waals surface area (Å²) in [5.74, 6) is -0.633. The predicted octanol–water partition coefficient (Wildman–Crippen LogP) is 1.57. The van der Waals surface area contributed by atoms with Crippen LogP contribution >= 0.6 is 0 Å². The van der Waals surface area contributed by atoms with Gasteiger partial charge in [0, 0.05) is 18.4 Å². The molecule has 4 heteroatoms. The van der Waals surface area contributed by atoms with Crippen LogP contribution in [0.2, 0.25) is 0 Å². The van der Waals surface area contributed by atoms with Gasteiger partial charge in [-0.25, -0.2) is 9.18 Å². The highest BCUT2D eigenvalue weighted by Gasteiger charge is 2.46. The van der Waals surface area contributed by atoms with E-state index in [1.165, 1.54) is 18.2 Å². The molecule has 1 N–H and O–H groups in total. The van der Waals surface area contributed by atoms with Gasteiger partial charge < -0.3 is 10.1 Å². The van der Waals surface area contributed by atoms with Crippen LogP contribution in [0, 0.1) is 5.82 Å². The summed E-state index contributed by atoms with van der Waals surface area (Å²) in [4.78, 5) is 11.7. The number of rotatable bonds is 0. The van der Waals surface area contributed by atoms with Crippen LogP contribution in [0.1, 0.15) is 28.8 Å². The second-order valence-corrected chi connectivity index (χ2v) is 4.32. The summed E-state index contributed by atoms with van der Waals surface area (Å²) in [7, 11) is 0. The maximum absolute atomic E-state index is 13.2. The van der Waals surface area contributed by atoms with E-state index in [2.05, 4.69) is 5.32 Å². The molecule has 1 fully saturated rings. The standard InChI is InChI=1S/C12H12FNO2/c13-8-1-2-9-10(7-8)12(16-11(9)15)3-5-14-6-4-12/h1-2,7,14H,3-6H2. The van der Waals surface area contributed by atoms with Crippen molar-refractivity contribution in [2.24, 2.45) is 0 Å². The molecule has 16 heavy (non-hydrogen) atoms. The Labute approximate surface area is 92.6 Å². The average molecular weight is 221 g/mol. The van der Waals surface area contributed by atoms with Gasteiger partial charge >= 0.3 is 5.97 Å². The van der Waals surface area contributed by atoms with Gasteiger partial charge in [0.1, 0.15) is 11.4 Å². The lowest BCUT2D eigenvalue weighted by Gasteiger charge is -2.33. The van der Waals surface area contributed by atoms with Crippen molar-refractivity contribution in [1.82, 2.24) is 5.32 Å². The number of nitrogens with one attached hydrogen (secondary N) is 1. The fourth-order valence-electron chi connectivity index (χ4n) is 2.56. The molecule has 0 saturated carbocycles. The fourth-order valence-corrected chi connectivity index (χ4v) is 2.56. The molecule has 3 rings (SSSR count). The zero-order valence-electron chi connectivity index (χ0n) is 8.75. The predicted molar refractivity (Wildman–Crippen MR) is 55.6 cm³/mol. The largest absolute Gasteiger partial charge is 0.450 e. The molecule has 2 aliphatic rings. The van der Waals surface area contributed by atoms with Crippen LogP contribution in [-0.4, -0.2) is 19.1 Å². The van der Waals surface area contributed by atoms with E-state index in [-0.39, 0.29) is 11.8 Å². The van der Waals surface area contributed by atoms with Crippen LogP contribution in [0.15, 0.2) is 18.2 Å². The highest BCUT2D eigenvalue weighted by Crippen LogP contribution is 2.42. The van der Waals surface area contributed by atoms with Crippen molar-refractivity contribution in [2.45, 2.75) is 18.4 Å². The number of carbonyl (C=O) groups is 1. The molecule has 1 saturated heterocycles. The SMILES string of the molecule is O=C1OC2(CCNCC2)c2cc(F)ccc21. The van der Waals surface area contributed by atoms with Crippen molar-refractivity contribution in [3.8, 4) is 0 Å². The third-order valence-corrected chi connectivity index (χ3v) is 3.39. The number of benzene rings is 1. The van der Waals surface area contributed by atoms with Crippen molar-refractivity contribution >= 4 is 5.97 Å². The molecule has 3 nitrogen and oxygen atoms in total. The summed E-state index contributed by atoms with van der Waals surface area (Å²) >= 11 is 0. The first-order valence-electron chi connectivity index (χ1n) is 5.45. The number of fused-ring (bicyclic) bond motifs is 2. The van der Waals surface area contributed by atoms with Gasteiger partial charge in [-0.05, 0) is 31.3 Å². The zero-order valence-corrected chi connectivity index (χ0v) is 8.75. The highest BCUT2D eigenvalue weighted by molar-refractivity contribution is 5.94. The molecule has 0 aliphatic carbocycles. The topological polar surface area (TPSA) is 38.3 Å². The first-order valence-corrected chi connectivity index (χ1v) is 5.45. The zero-order chi connectivity index (χ0) is 11.2. The molecule has 1 spiro atoms. The summed E-state index contributed by atoms with van der Waals surface area (Å²) in [6.07, 6.45) is 1.43. The third kappa shape index (κ3) is 1.26. The molecule has 2 aliphatic heterocycles. The minimum absolute atomic E-state index is 0.310. The third-order valence-electron chi connectivity index (χ3n) is 3.39. The molecule has 0 amide bonds. The molecule has 0 bridgehead atoms. The Morgan fingerprint density at radius 3 is 2.81 bits per heavy atom. The van der Waals surface area contributed by atoms with Gasteiger partial charge in [0.25, 0.3) is 0 Å². The number of hydrogen-bond donors (Lipinski definition) is 1. The molecular formula is C12H12FNO2. The second kappa shape index (κ2) is 3.28. The minimum atomic E-state index is -0.584. The van der Waals surface area contributed by atoms with Gasteiger partial charge in [0.2, 0.25) is 0 Å². The van der Waals surface area contributed by atoms with Crippen molar-refractivity contribution in [1.29, 1.82) is 0 Å². The first-order chi connectivity index (χ1) is 7.71. The van der Waals surface area contributed by atoms with Crippen LogP contribution in [-0.2, 0) is 10.3 Å². The summed E-state index contributed by atoms with van der Waals surface area (Å²) in [6, 6.07) is 4.26. The smallest absolute Gasteiger partial charge is 0.339 e. The molecule has 1 aromatic rings. The molecule has 0 aromatic heterocycles. The summed E-state index contributed by atoms with van der Waals surface area (Å²) in [5, 5.41) is 3.21. The maximum Gasteiger partial charge on any atom is 0.339 e. The Morgan fingerprint density at radius 1 is 1.31 bits per heavy atom. The number of esters is 1. The van der Waals surface area contributed by atoms with E-state index in [4.69, 9.17) is 4.74 Å². The summed E-state index contributed by atoms with van der Waals surface area (Å²) in [5.41, 5.74) is 0.655. The van der Waals surface area contributed by atoms with Gasteiger partial charge in [0.05, 0.1) is 5.56 Å². The van der Waals surface area contributed by atoms with Crippen molar-refractivity contribution in [3.63, 3.8) is 0 Å². The lowest BCUT2D eigenvalue weighted by Crippen LogP contribution is -2.40. The molecule has 0 atom stereocenters. The first kappa shape index (κ1) is 9.78. The molecule has 2 heterocycles. The fraction of sp³-hybridized carbons (Fsp3) is 0.417. The number of piperidine rings is 1. The van der Waals surface area contributed by atoms with E-state index < -0.39 is 5.60 Å². The molecule has 0 radical (unpaired) electrons. The van der Waals surface area contributed by atoms with Crippen molar-refractivity contribution < 1.29 is 13.9 Å². The van der Waals surface area contributed by atoms with E-state index in [0.29, 0.717) is 5.56 Å². The van der Waals surface area contributed by atoms with Crippen LogP contribution in [0.25, 0.3) is 0 Å². The normalized spacial score (nSPS) is 21.9. The van der Waals surface area contributed by atoms with Crippen LogP contribution in [0.5, 0.6) is 0 Å². The van der Waals surface area contributed by atoms with Crippen LogP contribution < -0.4 is 5.32 Å². The van der Waals surface area contributed by atoms with Gasteiger partial charge in [0.15, 0.2) is 0 Å².